The molecule has 0 aliphatic heterocycles. The van der Waals surface area contributed by atoms with E-state index >= 15 is 0 Å². The van der Waals surface area contributed by atoms with Crippen molar-refractivity contribution in [3.05, 3.63) is 65.6 Å². The Morgan fingerprint density at radius 3 is 2.79 bits per heavy atom. The number of hydrogen-bond acceptors (Lipinski definition) is 5. The van der Waals surface area contributed by atoms with Gasteiger partial charge in [-0.2, -0.15) is 5.10 Å². The lowest BCUT2D eigenvalue weighted by Gasteiger charge is -2.12. The molecule has 0 saturated heterocycles. The standard InChI is InChI=1S/C20H20FN5O2/c1-25-18(11-27)16(10-23-25)14-8-6-13(26-12-22-24-20(14)26)7-9-15-17(21)4-3-5-19(15)28-2/h3-6,8,10,12,27H,7,9,11H2,1-2H3. The molecule has 144 valence electrons. The molecule has 0 bridgehead atoms. The molecule has 1 aromatic carbocycles. The van der Waals surface area contributed by atoms with Gasteiger partial charge in [0.1, 0.15) is 17.9 Å². The van der Waals surface area contributed by atoms with E-state index in [1.807, 2.05) is 16.5 Å². The van der Waals surface area contributed by atoms with Crippen molar-refractivity contribution in [1.29, 1.82) is 0 Å². The number of halogens is 1. The highest BCUT2D eigenvalue weighted by molar-refractivity contribution is 5.78. The van der Waals surface area contributed by atoms with Crippen LogP contribution in [0.4, 0.5) is 4.39 Å². The Hall–Kier alpha value is -3.26. The number of nitrogens with zero attached hydrogens (tertiary/aromatic N) is 5. The molecule has 28 heavy (non-hydrogen) atoms. The molecule has 0 aliphatic rings. The van der Waals surface area contributed by atoms with Crippen molar-refractivity contribution in [2.24, 2.45) is 7.05 Å². The number of pyridine rings is 1. The first-order valence-corrected chi connectivity index (χ1v) is 8.89. The van der Waals surface area contributed by atoms with Gasteiger partial charge in [0.05, 0.1) is 25.6 Å². The summed E-state index contributed by atoms with van der Waals surface area (Å²) < 4.78 is 23.0. The topological polar surface area (TPSA) is 77.5 Å². The monoisotopic (exact) mass is 381 g/mol. The van der Waals surface area contributed by atoms with Crippen molar-refractivity contribution in [3.63, 3.8) is 0 Å². The minimum absolute atomic E-state index is 0.124. The Morgan fingerprint density at radius 1 is 1.14 bits per heavy atom. The summed E-state index contributed by atoms with van der Waals surface area (Å²) in [6.07, 6.45) is 4.42. The first-order valence-electron chi connectivity index (χ1n) is 8.89. The van der Waals surface area contributed by atoms with Gasteiger partial charge in [0.2, 0.25) is 0 Å². The van der Waals surface area contributed by atoms with Crippen molar-refractivity contribution in [1.82, 2.24) is 24.4 Å². The number of methoxy groups -OCH3 is 1. The van der Waals surface area contributed by atoms with Gasteiger partial charge in [-0.05, 0) is 37.1 Å². The molecular formula is C20H20FN5O2. The van der Waals surface area contributed by atoms with Crippen LogP contribution >= 0.6 is 0 Å². The second-order valence-corrected chi connectivity index (χ2v) is 6.47. The first kappa shape index (κ1) is 18.1. The second kappa shape index (κ2) is 7.40. The third-order valence-corrected chi connectivity index (χ3v) is 4.97. The Bertz CT molecular complexity index is 1140. The van der Waals surface area contributed by atoms with E-state index in [0.29, 0.717) is 35.5 Å². The average Bonchev–Trinajstić information content (AvgIpc) is 3.33. The molecule has 0 radical (unpaired) electrons. The van der Waals surface area contributed by atoms with E-state index < -0.39 is 0 Å². The molecule has 0 spiro atoms. The number of aryl methyl sites for hydroxylation is 2. The minimum atomic E-state index is -0.279. The number of aliphatic hydroxyl groups excluding tert-OH is 1. The van der Waals surface area contributed by atoms with E-state index in [-0.39, 0.29) is 12.4 Å². The normalized spacial score (nSPS) is 11.3. The Balaban J connectivity index is 1.71. The molecule has 0 saturated carbocycles. The maximum atomic E-state index is 14.2. The minimum Gasteiger partial charge on any atom is -0.496 e. The van der Waals surface area contributed by atoms with Crippen molar-refractivity contribution in [2.75, 3.05) is 7.11 Å². The van der Waals surface area contributed by atoms with E-state index in [4.69, 9.17) is 4.74 Å². The summed E-state index contributed by atoms with van der Waals surface area (Å²) in [6, 6.07) is 8.74. The van der Waals surface area contributed by atoms with Gasteiger partial charge in [0.25, 0.3) is 0 Å². The first-order chi connectivity index (χ1) is 13.6. The quantitative estimate of drug-likeness (QED) is 0.555. The molecule has 3 aromatic heterocycles. The van der Waals surface area contributed by atoms with Gasteiger partial charge < -0.3 is 9.84 Å². The Morgan fingerprint density at radius 2 is 2.00 bits per heavy atom. The highest BCUT2D eigenvalue weighted by atomic mass is 19.1. The molecule has 4 aromatic rings. The van der Waals surface area contributed by atoms with Crippen LogP contribution in [0, 0.1) is 5.82 Å². The average molecular weight is 381 g/mol. The van der Waals surface area contributed by atoms with Crippen LogP contribution in [0.2, 0.25) is 0 Å². The van der Waals surface area contributed by atoms with Gasteiger partial charge in [0.15, 0.2) is 5.65 Å². The van der Waals surface area contributed by atoms with Crippen LogP contribution in [0.1, 0.15) is 17.0 Å². The maximum Gasteiger partial charge on any atom is 0.168 e. The predicted octanol–water partition coefficient (Wildman–Crippen LogP) is 2.56. The molecule has 0 fully saturated rings. The Kier molecular flexibility index (Phi) is 4.79. The summed E-state index contributed by atoms with van der Waals surface area (Å²) in [7, 11) is 3.32. The zero-order chi connectivity index (χ0) is 19.7. The molecule has 0 aliphatic carbocycles. The molecule has 0 atom stereocenters. The van der Waals surface area contributed by atoms with Crippen LogP contribution in [0.25, 0.3) is 16.8 Å². The number of benzene rings is 1. The number of rotatable bonds is 6. The summed E-state index contributed by atoms with van der Waals surface area (Å²) in [6.45, 7) is -0.124. The van der Waals surface area contributed by atoms with Crippen molar-refractivity contribution in [3.8, 4) is 16.9 Å². The number of aromatic nitrogens is 5. The number of aliphatic hydroxyl groups is 1. The largest absolute Gasteiger partial charge is 0.496 e. The highest BCUT2D eigenvalue weighted by Crippen LogP contribution is 2.28. The van der Waals surface area contributed by atoms with Gasteiger partial charge in [-0.15, -0.1) is 10.2 Å². The molecule has 0 unspecified atom stereocenters. The van der Waals surface area contributed by atoms with Crippen molar-refractivity contribution >= 4 is 5.65 Å². The molecule has 3 heterocycles. The van der Waals surface area contributed by atoms with Crippen LogP contribution in [0.5, 0.6) is 5.75 Å². The lowest BCUT2D eigenvalue weighted by Crippen LogP contribution is -2.04. The van der Waals surface area contributed by atoms with Crippen LogP contribution in [-0.4, -0.2) is 36.6 Å². The number of hydrogen-bond donors (Lipinski definition) is 1. The maximum absolute atomic E-state index is 14.2. The second-order valence-electron chi connectivity index (χ2n) is 6.47. The molecule has 7 nitrogen and oxygen atoms in total. The fourth-order valence-corrected chi connectivity index (χ4v) is 3.48. The van der Waals surface area contributed by atoms with Crippen LogP contribution in [0.3, 0.4) is 0 Å². The van der Waals surface area contributed by atoms with Crippen LogP contribution < -0.4 is 4.74 Å². The highest BCUT2D eigenvalue weighted by Gasteiger charge is 2.16. The van der Waals surface area contributed by atoms with E-state index in [2.05, 4.69) is 15.3 Å². The van der Waals surface area contributed by atoms with E-state index in [0.717, 1.165) is 16.8 Å². The summed E-state index contributed by atoms with van der Waals surface area (Å²) in [4.78, 5) is 0. The van der Waals surface area contributed by atoms with Crippen molar-refractivity contribution in [2.45, 2.75) is 19.4 Å². The van der Waals surface area contributed by atoms with Gasteiger partial charge in [-0.3, -0.25) is 9.08 Å². The van der Waals surface area contributed by atoms with E-state index in [1.165, 1.54) is 13.2 Å². The summed E-state index contributed by atoms with van der Waals surface area (Å²) >= 11 is 0. The third-order valence-electron chi connectivity index (χ3n) is 4.97. The van der Waals surface area contributed by atoms with E-state index in [1.54, 1.807) is 36.4 Å². The fourth-order valence-electron chi connectivity index (χ4n) is 3.48. The fraction of sp³-hybridized carbons (Fsp3) is 0.250. The lowest BCUT2D eigenvalue weighted by atomic mass is 10.0. The van der Waals surface area contributed by atoms with Gasteiger partial charge in [-0.25, -0.2) is 4.39 Å². The van der Waals surface area contributed by atoms with E-state index in [9.17, 15) is 9.50 Å². The summed E-state index contributed by atoms with van der Waals surface area (Å²) in [5.41, 5.74) is 4.51. The van der Waals surface area contributed by atoms with Crippen LogP contribution in [0.15, 0.2) is 42.9 Å². The molecule has 0 amide bonds. The molecular weight excluding hydrogens is 361 g/mol. The molecule has 4 rings (SSSR count). The lowest BCUT2D eigenvalue weighted by molar-refractivity contribution is 0.271. The number of ether oxygens (including phenoxy) is 1. The number of fused-ring (bicyclic) bond motifs is 1. The summed E-state index contributed by atoms with van der Waals surface area (Å²) in [5.74, 6) is 0.262. The Labute approximate surface area is 161 Å². The smallest absolute Gasteiger partial charge is 0.168 e. The summed E-state index contributed by atoms with van der Waals surface area (Å²) in [5, 5.41) is 22.2. The van der Waals surface area contributed by atoms with Crippen LogP contribution in [-0.2, 0) is 26.5 Å². The zero-order valence-electron chi connectivity index (χ0n) is 15.6. The third kappa shape index (κ3) is 3.01. The molecule has 8 heteroatoms. The predicted molar refractivity (Wildman–Crippen MR) is 101 cm³/mol. The zero-order valence-corrected chi connectivity index (χ0v) is 15.6. The molecule has 1 N–H and O–H groups in total. The van der Waals surface area contributed by atoms with Crippen molar-refractivity contribution < 1.29 is 14.2 Å². The van der Waals surface area contributed by atoms with Gasteiger partial charge in [-0.1, -0.05) is 6.07 Å². The van der Waals surface area contributed by atoms with Gasteiger partial charge in [0, 0.05) is 29.4 Å². The van der Waals surface area contributed by atoms with Gasteiger partial charge >= 0.3 is 0 Å². The SMILES string of the molecule is COc1cccc(F)c1CCc1ccc(-c2cnn(C)c2CO)c2nncn12.